The van der Waals surface area contributed by atoms with E-state index in [1.807, 2.05) is 6.07 Å². The van der Waals surface area contributed by atoms with Crippen LogP contribution in [-0.4, -0.2) is 25.2 Å². The number of nitrogens with one attached hydrogen (secondary N) is 1. The lowest BCUT2D eigenvalue weighted by atomic mass is 10.0. The minimum Gasteiger partial charge on any atom is -0.379 e. The second-order valence-electron chi connectivity index (χ2n) is 5.03. The van der Waals surface area contributed by atoms with Crippen molar-refractivity contribution in [1.29, 1.82) is 0 Å². The Morgan fingerprint density at radius 1 is 1.20 bits per heavy atom. The maximum absolute atomic E-state index is 13.7. The van der Waals surface area contributed by atoms with Crippen LogP contribution in [0.15, 0.2) is 36.4 Å². The maximum atomic E-state index is 13.7. The zero-order valence-electron chi connectivity index (χ0n) is 11.1. The fraction of sp³-hybridized carbons (Fsp3) is 0.312. The topological polar surface area (TPSA) is 38.3 Å². The second-order valence-corrected chi connectivity index (χ2v) is 5.03. The zero-order chi connectivity index (χ0) is 13.9. The Balaban J connectivity index is 1.89. The largest absolute Gasteiger partial charge is 0.379 e. The molecule has 1 fully saturated rings. The third-order valence-electron chi connectivity index (χ3n) is 3.61. The molecule has 3 nitrogen and oxygen atoms in total. The fourth-order valence-electron chi connectivity index (χ4n) is 2.58. The Hall–Kier alpha value is -1.94. The highest BCUT2D eigenvalue weighted by Crippen LogP contribution is 2.22. The number of benzene rings is 2. The molecule has 1 unspecified atom stereocenters. The summed E-state index contributed by atoms with van der Waals surface area (Å²) in [6.07, 6.45) is 1.87. The average Bonchev–Trinajstić information content (AvgIpc) is 2.49. The summed E-state index contributed by atoms with van der Waals surface area (Å²) in [5.41, 5.74) is 0.507. The summed E-state index contributed by atoms with van der Waals surface area (Å²) in [6.45, 7) is 1.30. The van der Waals surface area contributed by atoms with Crippen LogP contribution in [0, 0.1) is 5.82 Å². The molecule has 4 heteroatoms. The van der Waals surface area contributed by atoms with Gasteiger partial charge in [-0.3, -0.25) is 4.79 Å². The third-order valence-corrected chi connectivity index (χ3v) is 3.61. The number of hydrogen-bond donors (Lipinski definition) is 1. The van der Waals surface area contributed by atoms with E-state index >= 15 is 0 Å². The van der Waals surface area contributed by atoms with Crippen LogP contribution in [0.2, 0.25) is 0 Å². The van der Waals surface area contributed by atoms with Crippen LogP contribution in [-0.2, 0) is 4.74 Å². The van der Waals surface area contributed by atoms with Gasteiger partial charge in [0, 0.05) is 17.6 Å². The first-order valence-electron chi connectivity index (χ1n) is 6.81. The van der Waals surface area contributed by atoms with E-state index in [0.29, 0.717) is 22.9 Å². The number of rotatable bonds is 2. The van der Waals surface area contributed by atoms with Gasteiger partial charge in [-0.05, 0) is 30.4 Å². The number of carbonyl (C=O) groups is 1. The number of ether oxygens (including phenoxy) is 1. The van der Waals surface area contributed by atoms with E-state index in [-0.39, 0.29) is 17.8 Å². The van der Waals surface area contributed by atoms with E-state index in [2.05, 4.69) is 5.32 Å². The van der Waals surface area contributed by atoms with E-state index in [0.717, 1.165) is 19.4 Å². The lowest BCUT2D eigenvalue weighted by Crippen LogP contribution is -2.40. The van der Waals surface area contributed by atoms with Gasteiger partial charge in [0.1, 0.15) is 5.82 Å². The van der Waals surface area contributed by atoms with E-state index in [4.69, 9.17) is 4.74 Å². The minimum atomic E-state index is -0.307. The Morgan fingerprint density at radius 3 is 2.75 bits per heavy atom. The van der Waals surface area contributed by atoms with Crippen LogP contribution in [0.4, 0.5) is 4.39 Å². The average molecular weight is 273 g/mol. The first kappa shape index (κ1) is 13.1. The summed E-state index contributed by atoms with van der Waals surface area (Å²) in [5.74, 6) is -0.477. The maximum Gasteiger partial charge on any atom is 0.252 e. The van der Waals surface area contributed by atoms with E-state index in [1.54, 1.807) is 18.2 Å². The molecule has 3 rings (SSSR count). The summed E-state index contributed by atoms with van der Waals surface area (Å²) in [5, 5.41) is 4.07. The predicted octanol–water partition coefficient (Wildman–Crippen LogP) is 2.89. The van der Waals surface area contributed by atoms with E-state index in [9.17, 15) is 9.18 Å². The monoisotopic (exact) mass is 273 g/mol. The zero-order valence-corrected chi connectivity index (χ0v) is 11.1. The van der Waals surface area contributed by atoms with Gasteiger partial charge in [-0.2, -0.15) is 0 Å². The predicted molar refractivity (Wildman–Crippen MR) is 75.2 cm³/mol. The van der Waals surface area contributed by atoms with Crippen LogP contribution in [0.25, 0.3) is 10.8 Å². The molecule has 1 aliphatic rings. The highest BCUT2D eigenvalue weighted by atomic mass is 19.1. The number of carbonyl (C=O) groups excluding carboxylic acids is 1. The van der Waals surface area contributed by atoms with Crippen molar-refractivity contribution in [2.45, 2.75) is 18.9 Å². The molecule has 1 heterocycles. The normalized spacial score (nSPS) is 18.9. The van der Waals surface area contributed by atoms with Crippen molar-refractivity contribution in [3.63, 3.8) is 0 Å². The molecule has 0 saturated carbocycles. The van der Waals surface area contributed by atoms with Crippen LogP contribution >= 0.6 is 0 Å². The molecule has 2 aromatic carbocycles. The Morgan fingerprint density at radius 2 is 2.00 bits per heavy atom. The van der Waals surface area contributed by atoms with Crippen LogP contribution in [0.1, 0.15) is 23.2 Å². The molecule has 0 aromatic heterocycles. The lowest BCUT2D eigenvalue weighted by Gasteiger charge is -2.23. The van der Waals surface area contributed by atoms with Crippen molar-refractivity contribution in [2.24, 2.45) is 0 Å². The van der Waals surface area contributed by atoms with Crippen molar-refractivity contribution in [3.8, 4) is 0 Å². The molecule has 1 N–H and O–H groups in total. The number of fused-ring (bicyclic) bond motifs is 1. The van der Waals surface area contributed by atoms with Gasteiger partial charge in [-0.1, -0.05) is 24.3 Å². The highest BCUT2D eigenvalue weighted by molar-refractivity contribution is 6.07. The molecule has 20 heavy (non-hydrogen) atoms. The summed E-state index contributed by atoms with van der Waals surface area (Å²) < 4.78 is 19.1. The summed E-state index contributed by atoms with van der Waals surface area (Å²) in [7, 11) is 0. The molecular weight excluding hydrogens is 257 g/mol. The number of amides is 1. The van der Waals surface area contributed by atoms with Gasteiger partial charge in [-0.15, -0.1) is 0 Å². The van der Waals surface area contributed by atoms with E-state index < -0.39 is 0 Å². The first-order chi connectivity index (χ1) is 9.75. The summed E-state index contributed by atoms with van der Waals surface area (Å²) in [6, 6.07) is 9.95. The number of halogens is 1. The van der Waals surface area contributed by atoms with Gasteiger partial charge >= 0.3 is 0 Å². The molecular formula is C16H16FNO2. The van der Waals surface area contributed by atoms with Gasteiger partial charge in [0.2, 0.25) is 0 Å². The molecule has 2 aromatic rings. The Labute approximate surface area is 116 Å². The Kier molecular flexibility index (Phi) is 3.65. The molecule has 0 spiro atoms. The van der Waals surface area contributed by atoms with Crippen molar-refractivity contribution < 1.29 is 13.9 Å². The summed E-state index contributed by atoms with van der Waals surface area (Å²) in [4.78, 5) is 12.3. The van der Waals surface area contributed by atoms with Crippen LogP contribution in [0.5, 0.6) is 0 Å². The Bertz CT molecular complexity index is 635. The molecule has 0 aliphatic carbocycles. The van der Waals surface area contributed by atoms with Gasteiger partial charge in [0.25, 0.3) is 5.91 Å². The molecule has 0 bridgehead atoms. The van der Waals surface area contributed by atoms with Crippen molar-refractivity contribution in [3.05, 3.63) is 47.8 Å². The van der Waals surface area contributed by atoms with Gasteiger partial charge in [0.05, 0.1) is 12.6 Å². The molecule has 0 radical (unpaired) electrons. The van der Waals surface area contributed by atoms with Crippen LogP contribution < -0.4 is 5.32 Å². The van der Waals surface area contributed by atoms with Crippen molar-refractivity contribution >= 4 is 16.7 Å². The van der Waals surface area contributed by atoms with Gasteiger partial charge in [-0.25, -0.2) is 4.39 Å². The second kappa shape index (κ2) is 5.59. The quantitative estimate of drug-likeness (QED) is 0.913. The first-order valence-corrected chi connectivity index (χ1v) is 6.81. The molecule has 1 aliphatic heterocycles. The SMILES string of the molecule is O=C(NC1CCCOC1)c1ccc(F)c2ccccc12. The standard InChI is InChI=1S/C16H16FNO2/c17-15-8-7-14(12-5-1-2-6-13(12)15)16(19)18-11-4-3-9-20-10-11/h1-2,5-8,11H,3-4,9-10H2,(H,18,19). The van der Waals surface area contributed by atoms with Gasteiger partial charge in [0.15, 0.2) is 0 Å². The molecule has 1 saturated heterocycles. The van der Waals surface area contributed by atoms with Crippen LogP contribution in [0.3, 0.4) is 0 Å². The smallest absolute Gasteiger partial charge is 0.252 e. The number of hydrogen-bond acceptors (Lipinski definition) is 2. The van der Waals surface area contributed by atoms with E-state index in [1.165, 1.54) is 12.1 Å². The summed E-state index contributed by atoms with van der Waals surface area (Å²) >= 11 is 0. The van der Waals surface area contributed by atoms with Gasteiger partial charge < -0.3 is 10.1 Å². The molecule has 1 amide bonds. The van der Waals surface area contributed by atoms with Crippen molar-refractivity contribution in [1.82, 2.24) is 5.32 Å². The molecule has 1 atom stereocenters. The van der Waals surface area contributed by atoms with Crippen molar-refractivity contribution in [2.75, 3.05) is 13.2 Å². The minimum absolute atomic E-state index is 0.0417. The fourth-order valence-corrected chi connectivity index (χ4v) is 2.58. The highest BCUT2D eigenvalue weighted by Gasteiger charge is 2.18. The lowest BCUT2D eigenvalue weighted by molar-refractivity contribution is 0.0625. The third kappa shape index (κ3) is 2.51. The molecule has 104 valence electrons.